The van der Waals surface area contributed by atoms with E-state index >= 15 is 0 Å². The van der Waals surface area contributed by atoms with Crippen molar-refractivity contribution in [3.05, 3.63) is 34.7 Å². The van der Waals surface area contributed by atoms with Crippen LogP contribution in [0.15, 0.2) is 24.3 Å². The summed E-state index contributed by atoms with van der Waals surface area (Å²) < 4.78 is 11.2. The van der Waals surface area contributed by atoms with Gasteiger partial charge in [0.25, 0.3) is 0 Å². The molecule has 1 fully saturated rings. The van der Waals surface area contributed by atoms with Crippen LogP contribution in [-0.2, 0) is 9.53 Å². The molecule has 2 aliphatic heterocycles. The van der Waals surface area contributed by atoms with Gasteiger partial charge in [0.1, 0.15) is 11.6 Å². The molecule has 0 radical (unpaired) electrons. The molecule has 0 saturated carbocycles. The third-order valence-electron chi connectivity index (χ3n) is 4.75. The zero-order valence-electron chi connectivity index (χ0n) is 15.7. The lowest BCUT2D eigenvalue weighted by Crippen LogP contribution is -2.36. The summed E-state index contributed by atoms with van der Waals surface area (Å²) in [4.78, 5) is 20.3. The van der Waals surface area contributed by atoms with Crippen LogP contribution < -0.4 is 15.0 Å². The van der Waals surface area contributed by atoms with E-state index in [0.717, 1.165) is 47.6 Å². The maximum absolute atomic E-state index is 12.2. The van der Waals surface area contributed by atoms with Crippen molar-refractivity contribution in [1.29, 1.82) is 0 Å². The summed E-state index contributed by atoms with van der Waals surface area (Å²) in [5.74, 6) is 2.13. The molecule has 1 aromatic carbocycles. The molecule has 0 bridgehead atoms. The zero-order valence-corrected chi connectivity index (χ0v) is 16.6. The van der Waals surface area contributed by atoms with Crippen molar-refractivity contribution in [3.8, 4) is 5.75 Å². The van der Waals surface area contributed by atoms with Crippen LogP contribution in [0.5, 0.6) is 5.75 Å². The molecule has 1 unspecified atom stereocenters. The van der Waals surface area contributed by atoms with Gasteiger partial charge in [-0.2, -0.15) is 0 Å². The summed E-state index contributed by atoms with van der Waals surface area (Å²) in [6.45, 7) is 8.08. The van der Waals surface area contributed by atoms with E-state index < -0.39 is 0 Å². The Hall–Kier alpha value is -2.12. The second-order valence-corrected chi connectivity index (χ2v) is 8.40. The van der Waals surface area contributed by atoms with Gasteiger partial charge < -0.3 is 19.7 Å². The summed E-state index contributed by atoms with van der Waals surface area (Å²) in [6, 6.07) is 8.12. The highest BCUT2D eigenvalue weighted by molar-refractivity contribution is 7.16. The van der Waals surface area contributed by atoms with E-state index in [1.807, 2.05) is 12.1 Å². The molecule has 1 atom stereocenters. The van der Waals surface area contributed by atoms with Crippen LogP contribution in [0.4, 0.5) is 10.9 Å². The summed E-state index contributed by atoms with van der Waals surface area (Å²) in [5, 5.41) is 3.91. The molecule has 1 saturated heterocycles. The van der Waals surface area contributed by atoms with Crippen LogP contribution in [-0.4, -0.2) is 43.8 Å². The molecule has 7 heteroatoms. The van der Waals surface area contributed by atoms with Crippen molar-refractivity contribution >= 4 is 28.2 Å². The first kappa shape index (κ1) is 18.3. The monoisotopic (exact) mass is 387 g/mol. The number of morpholine rings is 1. The Balaban J connectivity index is 1.57. The number of nitrogens with zero attached hydrogens (tertiary/aromatic N) is 2. The lowest BCUT2D eigenvalue weighted by atomic mass is 9.91. The number of amides is 1. The van der Waals surface area contributed by atoms with Crippen LogP contribution in [0, 0.1) is 5.92 Å². The van der Waals surface area contributed by atoms with Gasteiger partial charge in [0, 0.05) is 25.4 Å². The third kappa shape index (κ3) is 4.09. The summed E-state index contributed by atoms with van der Waals surface area (Å²) in [6.07, 6.45) is 0.448. The van der Waals surface area contributed by atoms with E-state index in [0.29, 0.717) is 24.8 Å². The third-order valence-corrected chi connectivity index (χ3v) is 5.98. The number of carbonyl (C=O) groups is 1. The van der Waals surface area contributed by atoms with E-state index in [4.69, 9.17) is 14.5 Å². The number of benzene rings is 1. The minimum absolute atomic E-state index is 0.0199. The van der Waals surface area contributed by atoms with Gasteiger partial charge in [-0.15, -0.1) is 0 Å². The fourth-order valence-corrected chi connectivity index (χ4v) is 4.53. The first-order valence-corrected chi connectivity index (χ1v) is 10.3. The predicted octanol–water partition coefficient (Wildman–Crippen LogP) is 3.49. The van der Waals surface area contributed by atoms with Crippen molar-refractivity contribution < 1.29 is 14.3 Å². The van der Waals surface area contributed by atoms with Crippen LogP contribution >= 0.6 is 11.3 Å². The van der Waals surface area contributed by atoms with E-state index in [1.54, 1.807) is 11.3 Å². The minimum atomic E-state index is 0.0199. The summed E-state index contributed by atoms with van der Waals surface area (Å²) in [7, 11) is 0. The topological polar surface area (TPSA) is 63.7 Å². The van der Waals surface area contributed by atoms with Crippen molar-refractivity contribution in [2.45, 2.75) is 26.2 Å². The number of hydrogen-bond donors (Lipinski definition) is 1. The Kier molecular flexibility index (Phi) is 5.31. The van der Waals surface area contributed by atoms with Gasteiger partial charge in [0.2, 0.25) is 5.91 Å². The van der Waals surface area contributed by atoms with Gasteiger partial charge in [-0.05, 0) is 23.6 Å². The normalized spacial score (nSPS) is 19.7. The van der Waals surface area contributed by atoms with Crippen molar-refractivity contribution in [2.24, 2.45) is 5.92 Å². The number of anilines is 2. The molecule has 1 N–H and O–H groups in total. The lowest BCUT2D eigenvalue weighted by Gasteiger charge is -2.26. The smallest absolute Gasteiger partial charge is 0.226 e. The van der Waals surface area contributed by atoms with E-state index in [1.165, 1.54) is 0 Å². The van der Waals surface area contributed by atoms with Crippen molar-refractivity contribution in [3.63, 3.8) is 0 Å². The number of fused-ring (bicyclic) bond motifs is 1. The van der Waals surface area contributed by atoms with Crippen LogP contribution in [0.3, 0.4) is 0 Å². The molecule has 2 aliphatic rings. The fraction of sp³-hybridized carbons (Fsp3) is 0.500. The number of nitrogens with one attached hydrogen (secondary N) is 1. The number of thiazole rings is 1. The number of ether oxygens (including phenoxy) is 2. The fourth-order valence-electron chi connectivity index (χ4n) is 3.33. The maximum Gasteiger partial charge on any atom is 0.226 e. The first-order chi connectivity index (χ1) is 13.1. The van der Waals surface area contributed by atoms with E-state index in [-0.39, 0.29) is 11.8 Å². The highest BCUT2D eigenvalue weighted by Crippen LogP contribution is 2.43. The molecule has 27 heavy (non-hydrogen) atoms. The average Bonchev–Trinajstić information content (AvgIpc) is 3.11. The molecular weight excluding hydrogens is 362 g/mol. The standard InChI is InChI=1S/C20H25N3O3S/c1-13(2)12-26-15-5-3-14(4-6-15)16-11-17(24)21-19-18(16)27-20(22-19)23-7-9-25-10-8-23/h3-6,13,16H,7-12H2,1-2H3,(H,21,24). The Morgan fingerprint density at radius 3 is 2.74 bits per heavy atom. The first-order valence-electron chi connectivity index (χ1n) is 9.46. The molecule has 4 rings (SSSR count). The number of carbonyl (C=O) groups excluding carboxylic acids is 1. The number of rotatable bonds is 5. The van der Waals surface area contributed by atoms with Gasteiger partial charge in [-0.25, -0.2) is 4.98 Å². The van der Waals surface area contributed by atoms with Crippen LogP contribution in [0.2, 0.25) is 0 Å². The van der Waals surface area contributed by atoms with Gasteiger partial charge in [0.05, 0.1) is 24.7 Å². The Labute approximate surface area is 163 Å². The van der Waals surface area contributed by atoms with Gasteiger partial charge >= 0.3 is 0 Å². The molecule has 6 nitrogen and oxygen atoms in total. The molecular formula is C20H25N3O3S. The van der Waals surface area contributed by atoms with Gasteiger partial charge in [-0.1, -0.05) is 37.3 Å². The van der Waals surface area contributed by atoms with E-state index in [9.17, 15) is 4.79 Å². The maximum atomic E-state index is 12.2. The second kappa shape index (κ2) is 7.86. The molecule has 1 amide bonds. The Bertz CT molecular complexity index is 797. The van der Waals surface area contributed by atoms with Gasteiger partial charge in [-0.3, -0.25) is 4.79 Å². The molecule has 144 valence electrons. The predicted molar refractivity (Wildman–Crippen MR) is 107 cm³/mol. The molecule has 1 aromatic heterocycles. The highest BCUT2D eigenvalue weighted by Gasteiger charge is 2.31. The molecule has 3 heterocycles. The largest absolute Gasteiger partial charge is 0.493 e. The van der Waals surface area contributed by atoms with Gasteiger partial charge in [0.15, 0.2) is 5.13 Å². The van der Waals surface area contributed by atoms with Crippen LogP contribution in [0.25, 0.3) is 0 Å². The quantitative estimate of drug-likeness (QED) is 0.851. The average molecular weight is 388 g/mol. The summed E-state index contributed by atoms with van der Waals surface area (Å²) >= 11 is 1.68. The van der Waals surface area contributed by atoms with Crippen molar-refractivity contribution in [2.75, 3.05) is 43.1 Å². The Morgan fingerprint density at radius 1 is 1.30 bits per heavy atom. The van der Waals surface area contributed by atoms with Crippen LogP contribution in [0.1, 0.15) is 36.6 Å². The lowest BCUT2D eigenvalue weighted by molar-refractivity contribution is -0.116. The second-order valence-electron chi connectivity index (χ2n) is 7.39. The molecule has 2 aromatic rings. The Morgan fingerprint density at radius 2 is 2.04 bits per heavy atom. The van der Waals surface area contributed by atoms with Crippen molar-refractivity contribution in [1.82, 2.24) is 4.98 Å². The number of aromatic nitrogens is 1. The summed E-state index contributed by atoms with van der Waals surface area (Å²) in [5.41, 5.74) is 1.13. The highest BCUT2D eigenvalue weighted by atomic mass is 32.1. The minimum Gasteiger partial charge on any atom is -0.493 e. The van der Waals surface area contributed by atoms with E-state index in [2.05, 4.69) is 36.2 Å². The SMILES string of the molecule is CC(C)COc1ccc(C2CC(=O)Nc3nc(N4CCOCC4)sc32)cc1. The molecule has 0 aliphatic carbocycles. The number of hydrogen-bond acceptors (Lipinski definition) is 6. The molecule has 0 spiro atoms. The zero-order chi connectivity index (χ0) is 18.8.